The Morgan fingerprint density at radius 1 is 1.21 bits per heavy atom. The Kier molecular flexibility index (Phi) is 2.83. The number of benzene rings is 1. The molecule has 1 aromatic carbocycles. The van der Waals surface area contributed by atoms with E-state index in [1.807, 2.05) is 0 Å². The molecular weight excluding hydrogens is 192 g/mol. The van der Waals surface area contributed by atoms with Crippen molar-refractivity contribution in [1.29, 1.82) is 0 Å². The largest absolute Gasteiger partial charge is 0.126 e. The van der Waals surface area contributed by atoms with Crippen LogP contribution in [0.1, 0.15) is 36.8 Å². The van der Waals surface area contributed by atoms with E-state index in [2.05, 4.69) is 31.2 Å². The van der Waals surface area contributed by atoms with Gasteiger partial charge >= 0.3 is 0 Å². The molecule has 1 fully saturated rings. The molecule has 1 saturated carbocycles. The van der Waals surface area contributed by atoms with Gasteiger partial charge in [0.25, 0.3) is 0 Å². The summed E-state index contributed by atoms with van der Waals surface area (Å²) >= 11 is 6.17. The molecule has 0 spiro atoms. The van der Waals surface area contributed by atoms with Crippen LogP contribution in [0.25, 0.3) is 0 Å². The highest BCUT2D eigenvalue weighted by atomic mass is 35.5. The minimum Gasteiger partial charge on any atom is -0.126 e. The lowest BCUT2D eigenvalue weighted by molar-refractivity contribution is 0.495. The minimum absolute atomic E-state index is 0.285. The molecule has 0 atom stereocenters. The fourth-order valence-electron chi connectivity index (χ4n) is 2.69. The predicted molar refractivity (Wildman–Crippen MR) is 62.0 cm³/mol. The maximum atomic E-state index is 6.17. The van der Waals surface area contributed by atoms with Crippen molar-refractivity contribution in [2.75, 3.05) is 5.88 Å². The molecule has 1 aromatic rings. The van der Waals surface area contributed by atoms with Gasteiger partial charge in [0.05, 0.1) is 0 Å². The van der Waals surface area contributed by atoms with Gasteiger partial charge in [0.1, 0.15) is 0 Å². The standard InChI is InChI=1S/C13H17Cl/c1-11-6-2-3-7-12(11)13(10-14)8-4-5-9-13/h2-3,6-7H,4-5,8-10H2,1H3. The van der Waals surface area contributed by atoms with Crippen LogP contribution in [-0.2, 0) is 5.41 Å². The Hall–Kier alpha value is -0.490. The molecule has 0 N–H and O–H groups in total. The van der Waals surface area contributed by atoms with Crippen molar-refractivity contribution in [3.05, 3.63) is 35.4 Å². The van der Waals surface area contributed by atoms with Gasteiger partial charge in [0.2, 0.25) is 0 Å². The minimum atomic E-state index is 0.285. The smallest absolute Gasteiger partial charge is 0.0320 e. The fourth-order valence-corrected chi connectivity index (χ4v) is 3.11. The molecule has 0 heterocycles. The van der Waals surface area contributed by atoms with E-state index in [-0.39, 0.29) is 5.41 Å². The van der Waals surface area contributed by atoms with Gasteiger partial charge < -0.3 is 0 Å². The summed E-state index contributed by atoms with van der Waals surface area (Å²) in [7, 11) is 0. The van der Waals surface area contributed by atoms with Crippen LogP contribution >= 0.6 is 11.6 Å². The summed E-state index contributed by atoms with van der Waals surface area (Å²) in [5.74, 6) is 0.776. The summed E-state index contributed by atoms with van der Waals surface area (Å²) in [6, 6.07) is 8.69. The molecule has 0 aromatic heterocycles. The highest BCUT2D eigenvalue weighted by molar-refractivity contribution is 6.18. The zero-order valence-electron chi connectivity index (χ0n) is 8.72. The van der Waals surface area contributed by atoms with Crippen molar-refractivity contribution >= 4 is 11.6 Å². The van der Waals surface area contributed by atoms with Crippen LogP contribution < -0.4 is 0 Å². The van der Waals surface area contributed by atoms with Crippen molar-refractivity contribution in [2.45, 2.75) is 38.0 Å². The van der Waals surface area contributed by atoms with E-state index in [0.717, 1.165) is 5.88 Å². The van der Waals surface area contributed by atoms with Crippen LogP contribution in [0.2, 0.25) is 0 Å². The van der Waals surface area contributed by atoms with Gasteiger partial charge in [-0.15, -0.1) is 11.6 Å². The second-order valence-corrected chi connectivity index (χ2v) is 4.70. The summed E-state index contributed by atoms with van der Waals surface area (Å²) in [6.07, 6.45) is 5.20. The maximum absolute atomic E-state index is 6.17. The molecule has 76 valence electrons. The third-order valence-electron chi connectivity index (χ3n) is 3.53. The Labute approximate surface area is 91.3 Å². The number of halogens is 1. The molecule has 0 nitrogen and oxygen atoms in total. The molecular formula is C13H17Cl. The highest BCUT2D eigenvalue weighted by Crippen LogP contribution is 2.43. The van der Waals surface area contributed by atoms with Gasteiger partial charge in [-0.2, -0.15) is 0 Å². The molecule has 0 bridgehead atoms. The van der Waals surface area contributed by atoms with Gasteiger partial charge in [0, 0.05) is 11.3 Å². The third kappa shape index (κ3) is 1.56. The van der Waals surface area contributed by atoms with Gasteiger partial charge in [-0.3, -0.25) is 0 Å². The van der Waals surface area contributed by atoms with E-state index < -0.39 is 0 Å². The van der Waals surface area contributed by atoms with Crippen LogP contribution in [0.3, 0.4) is 0 Å². The van der Waals surface area contributed by atoms with Crippen molar-refractivity contribution in [1.82, 2.24) is 0 Å². The van der Waals surface area contributed by atoms with Crippen LogP contribution in [-0.4, -0.2) is 5.88 Å². The molecule has 0 radical (unpaired) electrons. The van der Waals surface area contributed by atoms with E-state index in [9.17, 15) is 0 Å². The first-order valence-electron chi connectivity index (χ1n) is 5.41. The zero-order valence-corrected chi connectivity index (χ0v) is 9.48. The molecule has 14 heavy (non-hydrogen) atoms. The fraction of sp³-hybridized carbons (Fsp3) is 0.538. The quantitative estimate of drug-likeness (QED) is 0.644. The number of rotatable bonds is 2. The summed E-state index contributed by atoms with van der Waals surface area (Å²) < 4.78 is 0. The van der Waals surface area contributed by atoms with E-state index in [4.69, 9.17) is 11.6 Å². The first-order chi connectivity index (χ1) is 6.78. The molecule has 1 aliphatic carbocycles. The average Bonchev–Trinajstić information content (AvgIpc) is 2.68. The summed E-state index contributed by atoms with van der Waals surface area (Å²) in [4.78, 5) is 0. The SMILES string of the molecule is Cc1ccccc1C1(CCl)CCCC1. The molecule has 0 unspecified atom stereocenters. The van der Waals surface area contributed by atoms with Crippen LogP contribution in [0.15, 0.2) is 24.3 Å². The molecule has 2 rings (SSSR count). The lowest BCUT2D eigenvalue weighted by atomic mass is 9.79. The normalized spacial score (nSPS) is 19.9. The molecule has 1 heteroatoms. The van der Waals surface area contributed by atoms with E-state index in [1.54, 1.807) is 0 Å². The summed E-state index contributed by atoms with van der Waals surface area (Å²) in [6.45, 7) is 2.20. The Bertz CT molecular complexity index is 311. The third-order valence-corrected chi connectivity index (χ3v) is 4.04. The molecule has 1 aliphatic rings. The van der Waals surface area contributed by atoms with E-state index >= 15 is 0 Å². The van der Waals surface area contributed by atoms with Gasteiger partial charge in [-0.1, -0.05) is 37.1 Å². The Balaban J connectivity index is 2.41. The van der Waals surface area contributed by atoms with Crippen molar-refractivity contribution in [3.63, 3.8) is 0 Å². The van der Waals surface area contributed by atoms with Crippen LogP contribution in [0, 0.1) is 6.92 Å². The van der Waals surface area contributed by atoms with E-state index in [1.165, 1.54) is 36.8 Å². The average molecular weight is 209 g/mol. The zero-order chi connectivity index (χ0) is 10.0. The lowest BCUT2D eigenvalue weighted by Gasteiger charge is -2.28. The lowest BCUT2D eigenvalue weighted by Crippen LogP contribution is -2.25. The van der Waals surface area contributed by atoms with Crippen molar-refractivity contribution in [2.24, 2.45) is 0 Å². The van der Waals surface area contributed by atoms with Crippen LogP contribution in [0.5, 0.6) is 0 Å². The number of alkyl halides is 1. The monoisotopic (exact) mass is 208 g/mol. The topological polar surface area (TPSA) is 0 Å². The van der Waals surface area contributed by atoms with Crippen LogP contribution in [0.4, 0.5) is 0 Å². The molecule has 0 aliphatic heterocycles. The van der Waals surface area contributed by atoms with Gasteiger partial charge in [0.15, 0.2) is 0 Å². The number of hydrogen-bond acceptors (Lipinski definition) is 0. The summed E-state index contributed by atoms with van der Waals surface area (Å²) in [5.41, 5.74) is 3.16. The molecule has 0 amide bonds. The van der Waals surface area contributed by atoms with E-state index in [0.29, 0.717) is 0 Å². The number of hydrogen-bond donors (Lipinski definition) is 0. The second kappa shape index (κ2) is 3.94. The Morgan fingerprint density at radius 2 is 1.86 bits per heavy atom. The highest BCUT2D eigenvalue weighted by Gasteiger charge is 2.35. The maximum Gasteiger partial charge on any atom is 0.0320 e. The van der Waals surface area contributed by atoms with Crippen molar-refractivity contribution in [3.8, 4) is 0 Å². The van der Waals surface area contributed by atoms with Crippen molar-refractivity contribution < 1.29 is 0 Å². The van der Waals surface area contributed by atoms with Gasteiger partial charge in [-0.25, -0.2) is 0 Å². The molecule has 0 saturated heterocycles. The Morgan fingerprint density at radius 3 is 2.43 bits per heavy atom. The number of aryl methyl sites for hydroxylation is 1. The predicted octanol–water partition coefficient (Wildman–Crippen LogP) is 4.05. The first-order valence-corrected chi connectivity index (χ1v) is 5.94. The van der Waals surface area contributed by atoms with Gasteiger partial charge in [-0.05, 0) is 30.9 Å². The summed E-state index contributed by atoms with van der Waals surface area (Å²) in [5, 5.41) is 0. The second-order valence-electron chi connectivity index (χ2n) is 4.44. The first kappa shape index (κ1) is 10.0.